The van der Waals surface area contributed by atoms with Crippen LogP contribution in [0, 0.1) is 0 Å². The maximum Gasteiger partial charge on any atom is 0.0558 e. The van der Waals surface area contributed by atoms with Crippen LogP contribution in [0.1, 0.15) is 0 Å². The second kappa shape index (κ2) is 5.11. The summed E-state index contributed by atoms with van der Waals surface area (Å²) in [4.78, 5) is 0. The molecule has 0 aromatic rings. The van der Waals surface area contributed by atoms with Gasteiger partial charge in [-0.15, -0.1) is 12.6 Å². The molecule has 0 spiro atoms. The first kappa shape index (κ1) is 7.97. The molecule has 0 aliphatic rings. The Morgan fingerprint density at radius 1 is 1.86 bits per heavy atom. The molecule has 0 atom stereocenters. The summed E-state index contributed by atoms with van der Waals surface area (Å²) in [6, 6.07) is 0. The zero-order chi connectivity index (χ0) is 5.70. The fourth-order valence-electron chi connectivity index (χ4n) is 0.0951. The minimum atomic E-state index is 0.715. The van der Waals surface area contributed by atoms with Gasteiger partial charge in [-0.25, -0.2) is 0 Å². The Bertz CT molecular complexity index is 67.3. The van der Waals surface area contributed by atoms with Crippen LogP contribution in [0.4, 0.5) is 0 Å². The Kier molecular flexibility index (Phi) is 5.82. The van der Waals surface area contributed by atoms with E-state index in [0.29, 0.717) is 5.75 Å². The van der Waals surface area contributed by atoms with Crippen molar-refractivity contribution in [2.75, 3.05) is 5.75 Å². The predicted molar refractivity (Wildman–Crippen MR) is 48.1 cm³/mol. The van der Waals surface area contributed by atoms with E-state index in [2.05, 4.69) is 28.8 Å². The summed E-state index contributed by atoms with van der Waals surface area (Å²) < 4.78 is 2.88. The molecule has 0 saturated carbocycles. The number of halogens is 1. The van der Waals surface area contributed by atoms with E-state index in [4.69, 9.17) is 0 Å². The highest BCUT2D eigenvalue weighted by atomic mass is 127. The summed E-state index contributed by atoms with van der Waals surface area (Å²) in [5.74, 6) is 0.715. The third-order valence-electron chi connectivity index (χ3n) is 0.448. The zero-order valence-corrected chi connectivity index (χ0v) is 7.50. The van der Waals surface area contributed by atoms with Crippen LogP contribution in [0.25, 0.3) is 0 Å². The van der Waals surface area contributed by atoms with Crippen molar-refractivity contribution in [1.29, 1.82) is 0 Å². The monoisotopic (exact) mass is 247 g/mol. The van der Waals surface area contributed by atoms with Crippen LogP contribution in [0.3, 0.4) is 0 Å². The number of hydrogen-bond acceptors (Lipinski definition) is 3. The van der Waals surface area contributed by atoms with Crippen LogP contribution >= 0.6 is 48.1 Å². The van der Waals surface area contributed by atoms with E-state index in [1.54, 1.807) is 5.41 Å². The highest BCUT2D eigenvalue weighted by molar-refractivity contribution is 14.1. The first-order valence-corrected chi connectivity index (χ1v) is 3.88. The Hall–Kier alpha value is 0.970. The molecule has 7 heavy (non-hydrogen) atoms. The van der Waals surface area contributed by atoms with Crippen molar-refractivity contribution in [2.24, 2.45) is 0 Å². The summed E-state index contributed by atoms with van der Waals surface area (Å²) in [7, 11) is 0. The van der Waals surface area contributed by atoms with Crippen molar-refractivity contribution < 1.29 is 0 Å². The van der Waals surface area contributed by atoms with Crippen molar-refractivity contribution >= 4 is 48.1 Å². The van der Waals surface area contributed by atoms with Gasteiger partial charge in [-0.1, -0.05) is 0 Å². The number of thiol groups is 2. The van der Waals surface area contributed by atoms with Crippen LogP contribution in [0.5, 0.6) is 0 Å². The summed E-state index contributed by atoms with van der Waals surface area (Å²) in [6.45, 7) is 0. The molecule has 4 heteroatoms. The predicted octanol–water partition coefficient (Wildman–Crippen LogP) is 1.63. The van der Waals surface area contributed by atoms with Crippen LogP contribution in [0.15, 0.2) is 11.1 Å². The summed E-state index contributed by atoms with van der Waals surface area (Å²) in [6.07, 6.45) is 0. The normalized spacial score (nSPS) is 11.6. The molecule has 0 aliphatic heterocycles. The molecule has 0 heterocycles. The molecular weight excluding hydrogens is 241 g/mol. The van der Waals surface area contributed by atoms with Crippen LogP contribution < -0.4 is 3.53 Å². The summed E-state index contributed by atoms with van der Waals surface area (Å²) >= 11 is 9.92. The lowest BCUT2D eigenvalue weighted by Crippen LogP contribution is -1.96. The van der Waals surface area contributed by atoms with Gasteiger partial charge in [0.15, 0.2) is 0 Å². The van der Waals surface area contributed by atoms with Gasteiger partial charge >= 0.3 is 0 Å². The van der Waals surface area contributed by atoms with Gasteiger partial charge in [0, 0.05) is 11.4 Å². The van der Waals surface area contributed by atoms with Crippen molar-refractivity contribution in [3.05, 3.63) is 11.1 Å². The minimum absolute atomic E-state index is 0.715. The number of nitrogens with one attached hydrogen (secondary N) is 1. The van der Waals surface area contributed by atoms with E-state index in [0.717, 1.165) is 5.70 Å². The van der Waals surface area contributed by atoms with E-state index >= 15 is 0 Å². The van der Waals surface area contributed by atoms with E-state index in [9.17, 15) is 0 Å². The van der Waals surface area contributed by atoms with Crippen molar-refractivity contribution in [3.8, 4) is 0 Å². The molecule has 42 valence electrons. The van der Waals surface area contributed by atoms with Gasteiger partial charge in [0.05, 0.1) is 22.9 Å². The summed E-state index contributed by atoms with van der Waals surface area (Å²) in [5.41, 5.74) is 1.02. The number of hydrogen-bond donors (Lipinski definition) is 3. The molecule has 0 rings (SSSR count). The second-order valence-corrected chi connectivity index (χ2v) is 2.02. The lowest BCUT2D eigenvalue weighted by Gasteiger charge is -1.94. The molecular formula is C3H6INS2. The molecule has 0 saturated heterocycles. The molecule has 0 aromatic carbocycles. The van der Waals surface area contributed by atoms with Gasteiger partial charge in [-0.05, 0) is 5.41 Å². The van der Waals surface area contributed by atoms with Gasteiger partial charge in [-0.2, -0.15) is 12.6 Å². The van der Waals surface area contributed by atoms with E-state index < -0.39 is 0 Å². The average molecular weight is 247 g/mol. The quantitative estimate of drug-likeness (QED) is 0.383. The Balaban J connectivity index is 3.38. The summed E-state index contributed by atoms with van der Waals surface area (Å²) in [5, 5.41) is 1.69. The van der Waals surface area contributed by atoms with Crippen LogP contribution in [0.2, 0.25) is 0 Å². The van der Waals surface area contributed by atoms with E-state index in [-0.39, 0.29) is 0 Å². The van der Waals surface area contributed by atoms with Crippen LogP contribution in [-0.4, -0.2) is 5.75 Å². The zero-order valence-electron chi connectivity index (χ0n) is 3.56. The molecule has 0 fully saturated rings. The molecule has 0 amide bonds. The minimum Gasteiger partial charge on any atom is -0.331 e. The van der Waals surface area contributed by atoms with Crippen molar-refractivity contribution in [3.63, 3.8) is 0 Å². The van der Waals surface area contributed by atoms with Gasteiger partial charge in [-0.3, -0.25) is 0 Å². The maximum atomic E-state index is 3.99. The van der Waals surface area contributed by atoms with Gasteiger partial charge in [0.25, 0.3) is 0 Å². The van der Waals surface area contributed by atoms with E-state index in [1.807, 2.05) is 22.9 Å². The molecule has 0 radical (unpaired) electrons. The molecule has 0 aromatic heterocycles. The first-order chi connectivity index (χ1) is 3.35. The van der Waals surface area contributed by atoms with Crippen molar-refractivity contribution in [1.82, 2.24) is 3.53 Å². The SMILES string of the molecule is S/C=C(/CS)NI. The Labute approximate surface area is 68.3 Å². The average Bonchev–Trinajstić information content (AvgIpc) is 1.72. The van der Waals surface area contributed by atoms with Crippen LogP contribution in [-0.2, 0) is 0 Å². The molecule has 0 bridgehead atoms. The molecule has 1 nitrogen and oxygen atoms in total. The highest BCUT2D eigenvalue weighted by Crippen LogP contribution is 1.95. The molecule has 0 aliphatic carbocycles. The Morgan fingerprint density at radius 3 is 2.43 bits per heavy atom. The van der Waals surface area contributed by atoms with E-state index in [1.165, 1.54) is 0 Å². The Morgan fingerprint density at radius 2 is 2.43 bits per heavy atom. The molecule has 0 unspecified atom stereocenters. The third-order valence-corrected chi connectivity index (χ3v) is 1.79. The fourth-order valence-corrected chi connectivity index (χ4v) is 1.46. The molecule has 1 N–H and O–H groups in total. The van der Waals surface area contributed by atoms with Gasteiger partial charge in [0.2, 0.25) is 0 Å². The second-order valence-electron chi connectivity index (χ2n) is 0.907. The third kappa shape index (κ3) is 3.54. The lowest BCUT2D eigenvalue weighted by molar-refractivity contribution is 1.28. The fraction of sp³-hybridized carbons (Fsp3) is 0.333. The van der Waals surface area contributed by atoms with Gasteiger partial charge in [0.1, 0.15) is 0 Å². The lowest BCUT2D eigenvalue weighted by atomic mass is 10.6. The maximum absolute atomic E-state index is 3.99. The topological polar surface area (TPSA) is 12.0 Å². The van der Waals surface area contributed by atoms with Crippen molar-refractivity contribution in [2.45, 2.75) is 0 Å². The largest absolute Gasteiger partial charge is 0.331 e. The van der Waals surface area contributed by atoms with Gasteiger partial charge < -0.3 is 3.53 Å². The highest BCUT2D eigenvalue weighted by Gasteiger charge is 1.82. The smallest absolute Gasteiger partial charge is 0.0558 e. The number of rotatable bonds is 2. The standard InChI is InChI=1S/C3H6INS2/c4-5-3(1-6)2-7/h1,5-7H,2H2/b3-1-. The first-order valence-electron chi connectivity index (χ1n) is 1.66.